The van der Waals surface area contributed by atoms with E-state index >= 15 is 0 Å². The van der Waals surface area contributed by atoms with E-state index in [1.54, 1.807) is 7.05 Å². The van der Waals surface area contributed by atoms with Crippen molar-refractivity contribution in [3.8, 4) is 0 Å². The van der Waals surface area contributed by atoms with Gasteiger partial charge in [0, 0.05) is 19.6 Å². The van der Waals surface area contributed by atoms with E-state index in [2.05, 4.69) is 0 Å². The summed E-state index contributed by atoms with van der Waals surface area (Å²) in [5, 5.41) is 0. The highest BCUT2D eigenvalue weighted by Gasteiger charge is 2.35. The van der Waals surface area contributed by atoms with E-state index in [0.29, 0.717) is 25.9 Å². The Morgan fingerprint density at radius 3 is 2.62 bits per heavy atom. The van der Waals surface area contributed by atoms with Gasteiger partial charge in [0.15, 0.2) is 9.84 Å². The molecule has 21 heavy (non-hydrogen) atoms. The molecular weight excluding hydrogens is 296 g/mol. The van der Waals surface area contributed by atoms with Gasteiger partial charge in [0.1, 0.15) is 0 Å². The molecule has 2 heterocycles. The molecule has 0 N–H and O–H groups in total. The summed E-state index contributed by atoms with van der Waals surface area (Å²) in [6.07, 6.45) is 1.21. The molecule has 7 nitrogen and oxygen atoms in total. The molecule has 0 saturated carbocycles. The van der Waals surface area contributed by atoms with Gasteiger partial charge in [0.2, 0.25) is 5.91 Å². The topological polar surface area (TPSA) is 84.0 Å². The first kappa shape index (κ1) is 16.2. The van der Waals surface area contributed by atoms with Crippen molar-refractivity contribution >= 4 is 21.7 Å². The largest absolute Gasteiger partial charge is 0.469 e. The maximum Gasteiger partial charge on any atom is 0.310 e. The van der Waals surface area contributed by atoms with Crippen molar-refractivity contribution < 1.29 is 22.7 Å². The Balaban J connectivity index is 1.84. The lowest BCUT2D eigenvalue weighted by Crippen LogP contribution is -2.43. The van der Waals surface area contributed by atoms with E-state index in [1.165, 1.54) is 12.0 Å². The van der Waals surface area contributed by atoms with E-state index in [1.807, 2.05) is 4.90 Å². The van der Waals surface area contributed by atoms with Crippen molar-refractivity contribution in [3.63, 3.8) is 0 Å². The molecule has 0 bridgehead atoms. The van der Waals surface area contributed by atoms with Crippen LogP contribution in [0.1, 0.15) is 12.8 Å². The van der Waals surface area contributed by atoms with E-state index < -0.39 is 9.84 Å². The monoisotopic (exact) mass is 318 g/mol. The Kier molecular flexibility index (Phi) is 4.88. The fraction of sp³-hybridized carbons (Fsp3) is 0.846. The Morgan fingerprint density at radius 1 is 1.33 bits per heavy atom. The average molecular weight is 318 g/mol. The number of ether oxygens (including phenoxy) is 1. The predicted molar refractivity (Wildman–Crippen MR) is 76.4 cm³/mol. The number of amides is 1. The van der Waals surface area contributed by atoms with Crippen molar-refractivity contribution in [2.75, 3.05) is 45.3 Å². The first-order valence-electron chi connectivity index (χ1n) is 7.08. The molecule has 0 aromatic carbocycles. The van der Waals surface area contributed by atoms with Gasteiger partial charge in [0.05, 0.1) is 31.1 Å². The van der Waals surface area contributed by atoms with Gasteiger partial charge in [0.25, 0.3) is 0 Å². The fourth-order valence-electron chi connectivity index (χ4n) is 2.92. The average Bonchev–Trinajstić information content (AvgIpc) is 3.03. The van der Waals surface area contributed by atoms with E-state index in [-0.39, 0.29) is 41.9 Å². The highest BCUT2D eigenvalue weighted by molar-refractivity contribution is 7.91. The second-order valence-electron chi connectivity index (χ2n) is 5.81. The Morgan fingerprint density at radius 2 is 2.05 bits per heavy atom. The van der Waals surface area contributed by atoms with Crippen LogP contribution in [0, 0.1) is 5.92 Å². The third-order valence-electron chi connectivity index (χ3n) is 4.32. The number of esters is 1. The number of sulfone groups is 1. The van der Waals surface area contributed by atoms with Crippen molar-refractivity contribution in [2.24, 2.45) is 5.92 Å². The van der Waals surface area contributed by atoms with Crippen LogP contribution in [-0.2, 0) is 24.2 Å². The highest BCUT2D eigenvalue weighted by Crippen LogP contribution is 2.19. The standard InChI is InChI=1S/C13H22N2O5S/c1-14(11-4-6-21(18,19)9-11)12(16)8-15-5-3-10(7-15)13(17)20-2/h10-11H,3-9H2,1-2H3. The zero-order chi connectivity index (χ0) is 15.6. The van der Waals surface area contributed by atoms with Crippen LogP contribution in [0.3, 0.4) is 0 Å². The molecule has 2 rings (SSSR count). The van der Waals surface area contributed by atoms with E-state index in [0.717, 1.165) is 0 Å². The maximum absolute atomic E-state index is 12.2. The summed E-state index contributed by atoms with van der Waals surface area (Å²) in [4.78, 5) is 27.1. The van der Waals surface area contributed by atoms with E-state index in [9.17, 15) is 18.0 Å². The lowest BCUT2D eigenvalue weighted by atomic mass is 10.1. The summed E-state index contributed by atoms with van der Waals surface area (Å²) in [7, 11) is 0.0267. The molecule has 2 fully saturated rings. The molecule has 0 aromatic rings. The summed E-state index contributed by atoms with van der Waals surface area (Å²) < 4.78 is 27.6. The van der Waals surface area contributed by atoms with Crippen LogP contribution in [-0.4, -0.2) is 81.4 Å². The van der Waals surface area contributed by atoms with Crippen LogP contribution in [0.15, 0.2) is 0 Å². The zero-order valence-electron chi connectivity index (χ0n) is 12.4. The molecule has 0 aromatic heterocycles. The minimum Gasteiger partial charge on any atom is -0.469 e. The van der Waals surface area contributed by atoms with Gasteiger partial charge >= 0.3 is 5.97 Å². The van der Waals surface area contributed by atoms with Crippen molar-refractivity contribution in [3.05, 3.63) is 0 Å². The minimum atomic E-state index is -2.99. The number of likely N-dealkylation sites (N-methyl/N-ethyl adjacent to an activating group) is 1. The minimum absolute atomic E-state index is 0.0556. The number of hydrogen-bond acceptors (Lipinski definition) is 6. The molecule has 1 amide bonds. The normalized spacial score (nSPS) is 28.5. The summed E-state index contributed by atoms with van der Waals surface area (Å²) in [6, 6.07) is -0.221. The van der Waals surface area contributed by atoms with Crippen LogP contribution in [0.2, 0.25) is 0 Å². The number of rotatable bonds is 4. The highest BCUT2D eigenvalue weighted by atomic mass is 32.2. The molecule has 2 aliphatic heterocycles. The first-order valence-corrected chi connectivity index (χ1v) is 8.91. The van der Waals surface area contributed by atoms with Crippen LogP contribution in [0.25, 0.3) is 0 Å². The molecular formula is C13H22N2O5S. The Bertz CT molecular complexity index is 519. The number of carbonyl (C=O) groups is 2. The Labute approximate surface area is 125 Å². The van der Waals surface area contributed by atoms with Crippen molar-refractivity contribution in [2.45, 2.75) is 18.9 Å². The second-order valence-corrected chi connectivity index (χ2v) is 8.03. The second kappa shape index (κ2) is 6.31. The van der Waals surface area contributed by atoms with Gasteiger partial charge in [-0.2, -0.15) is 0 Å². The van der Waals surface area contributed by atoms with Crippen LogP contribution in [0.4, 0.5) is 0 Å². The predicted octanol–water partition coefficient (Wildman–Crippen LogP) is -0.873. The van der Waals surface area contributed by atoms with Crippen LogP contribution < -0.4 is 0 Å². The van der Waals surface area contributed by atoms with Crippen LogP contribution in [0.5, 0.6) is 0 Å². The maximum atomic E-state index is 12.2. The van der Waals surface area contributed by atoms with Gasteiger partial charge < -0.3 is 9.64 Å². The Hall–Kier alpha value is -1.15. The first-order chi connectivity index (χ1) is 9.82. The lowest BCUT2D eigenvalue weighted by molar-refractivity contribution is -0.145. The smallest absolute Gasteiger partial charge is 0.310 e. The molecule has 120 valence electrons. The summed E-state index contributed by atoms with van der Waals surface area (Å²) in [5.74, 6) is -0.286. The quantitative estimate of drug-likeness (QED) is 0.626. The molecule has 0 aliphatic carbocycles. The van der Waals surface area contributed by atoms with E-state index in [4.69, 9.17) is 4.74 Å². The van der Waals surface area contributed by atoms with Gasteiger partial charge in [-0.15, -0.1) is 0 Å². The van der Waals surface area contributed by atoms with Gasteiger partial charge in [-0.1, -0.05) is 0 Å². The summed E-state index contributed by atoms with van der Waals surface area (Å²) >= 11 is 0. The summed E-state index contributed by atoms with van der Waals surface area (Å²) in [6.45, 7) is 1.43. The number of hydrogen-bond donors (Lipinski definition) is 0. The SMILES string of the molecule is COC(=O)C1CCN(CC(=O)N(C)C2CCS(=O)(=O)C2)C1. The molecule has 2 aliphatic rings. The van der Waals surface area contributed by atoms with Crippen LogP contribution >= 0.6 is 0 Å². The summed E-state index contributed by atoms with van der Waals surface area (Å²) in [5.41, 5.74) is 0. The van der Waals surface area contributed by atoms with Gasteiger partial charge in [-0.25, -0.2) is 8.42 Å². The number of methoxy groups -OCH3 is 1. The third-order valence-corrected chi connectivity index (χ3v) is 6.07. The van der Waals surface area contributed by atoms with Crippen molar-refractivity contribution in [1.82, 2.24) is 9.80 Å². The molecule has 2 unspecified atom stereocenters. The van der Waals surface area contributed by atoms with Gasteiger partial charge in [-0.05, 0) is 19.4 Å². The zero-order valence-corrected chi connectivity index (χ0v) is 13.3. The number of nitrogens with zero attached hydrogens (tertiary/aromatic N) is 2. The lowest BCUT2D eigenvalue weighted by Gasteiger charge is -2.26. The number of likely N-dealkylation sites (tertiary alicyclic amines) is 1. The third kappa shape index (κ3) is 3.94. The van der Waals surface area contributed by atoms with Gasteiger partial charge in [-0.3, -0.25) is 14.5 Å². The van der Waals surface area contributed by atoms with Crippen molar-refractivity contribution in [1.29, 1.82) is 0 Å². The molecule has 8 heteroatoms. The fourth-order valence-corrected chi connectivity index (χ4v) is 4.70. The number of carbonyl (C=O) groups excluding carboxylic acids is 2. The molecule has 0 spiro atoms. The molecule has 0 radical (unpaired) electrons. The molecule has 2 atom stereocenters. The molecule has 2 saturated heterocycles.